The molecular formula is C18H17NO3. The summed E-state index contributed by atoms with van der Waals surface area (Å²) in [5.74, 6) is -0.0539. The van der Waals surface area contributed by atoms with Crippen molar-refractivity contribution in [2.75, 3.05) is 13.2 Å². The van der Waals surface area contributed by atoms with Gasteiger partial charge in [-0.05, 0) is 11.1 Å². The van der Waals surface area contributed by atoms with E-state index in [-0.39, 0.29) is 24.0 Å². The van der Waals surface area contributed by atoms with Crippen molar-refractivity contribution < 1.29 is 14.4 Å². The number of carbonyl (C=O) groups excluding carboxylic acids is 1. The smallest absolute Gasteiger partial charge is 0.326 e. The molecule has 2 heterocycles. The number of hydrogen-bond donors (Lipinski definition) is 0. The molecule has 0 aliphatic carbocycles. The van der Waals surface area contributed by atoms with Crippen molar-refractivity contribution in [3.63, 3.8) is 0 Å². The highest BCUT2D eigenvalue weighted by Gasteiger charge is 2.50. The molecule has 2 saturated heterocycles. The van der Waals surface area contributed by atoms with Crippen LogP contribution in [0, 0.1) is 5.92 Å². The molecule has 2 aliphatic heterocycles. The molecule has 0 spiro atoms. The van der Waals surface area contributed by atoms with E-state index in [4.69, 9.17) is 9.57 Å². The van der Waals surface area contributed by atoms with Gasteiger partial charge in [-0.15, -0.1) is 0 Å². The third kappa shape index (κ3) is 2.21. The molecule has 2 aromatic rings. The number of benzene rings is 2. The number of nitrogens with zero attached hydrogens (tertiary/aromatic N) is 1. The molecule has 0 bridgehead atoms. The van der Waals surface area contributed by atoms with E-state index in [2.05, 4.69) is 24.3 Å². The number of ether oxygens (including phenoxy) is 1. The van der Waals surface area contributed by atoms with Crippen LogP contribution in [0.5, 0.6) is 0 Å². The molecule has 2 aromatic carbocycles. The predicted octanol–water partition coefficient (Wildman–Crippen LogP) is 2.56. The summed E-state index contributed by atoms with van der Waals surface area (Å²) < 4.78 is 5.21. The molecule has 4 rings (SSSR count). The first-order valence-electron chi connectivity index (χ1n) is 7.52. The number of cyclic esters (lactones) is 1. The molecular weight excluding hydrogens is 278 g/mol. The Morgan fingerprint density at radius 3 is 2.09 bits per heavy atom. The minimum absolute atomic E-state index is 0.108. The molecule has 0 amide bonds. The molecule has 4 heteroatoms. The Morgan fingerprint density at radius 1 is 0.909 bits per heavy atom. The maximum absolute atomic E-state index is 12.1. The van der Waals surface area contributed by atoms with Crippen molar-refractivity contribution in [1.29, 1.82) is 0 Å². The van der Waals surface area contributed by atoms with Crippen molar-refractivity contribution in [3.05, 3.63) is 71.8 Å². The van der Waals surface area contributed by atoms with Crippen LogP contribution in [-0.2, 0) is 14.4 Å². The lowest BCUT2D eigenvalue weighted by Crippen LogP contribution is -2.38. The summed E-state index contributed by atoms with van der Waals surface area (Å²) >= 11 is 0. The Kier molecular flexibility index (Phi) is 3.41. The minimum atomic E-state index is -0.314. The fourth-order valence-electron chi connectivity index (χ4n) is 3.26. The van der Waals surface area contributed by atoms with Gasteiger partial charge in [-0.3, -0.25) is 9.63 Å². The van der Waals surface area contributed by atoms with Crippen molar-refractivity contribution in [2.45, 2.75) is 12.1 Å². The molecule has 0 N–H and O–H groups in total. The highest BCUT2D eigenvalue weighted by molar-refractivity contribution is 5.78. The monoisotopic (exact) mass is 295 g/mol. The summed E-state index contributed by atoms with van der Waals surface area (Å²) in [5.41, 5.74) is 2.21. The second-order valence-corrected chi connectivity index (χ2v) is 5.71. The van der Waals surface area contributed by atoms with E-state index in [0.29, 0.717) is 13.2 Å². The number of carbonyl (C=O) groups is 1. The van der Waals surface area contributed by atoms with E-state index < -0.39 is 0 Å². The van der Waals surface area contributed by atoms with Gasteiger partial charge in [0, 0.05) is 5.92 Å². The summed E-state index contributed by atoms with van der Waals surface area (Å²) in [6.45, 7) is 0.989. The average molecular weight is 295 g/mol. The largest absolute Gasteiger partial charge is 0.464 e. The third-order valence-electron chi connectivity index (χ3n) is 4.32. The van der Waals surface area contributed by atoms with E-state index in [9.17, 15) is 4.79 Å². The first kappa shape index (κ1) is 13.5. The number of esters is 1. The molecule has 0 aromatic heterocycles. The van der Waals surface area contributed by atoms with Crippen LogP contribution < -0.4 is 0 Å². The summed E-state index contributed by atoms with van der Waals surface area (Å²) in [7, 11) is 0. The van der Waals surface area contributed by atoms with Gasteiger partial charge in [0.2, 0.25) is 0 Å². The zero-order chi connectivity index (χ0) is 14.9. The first-order valence-corrected chi connectivity index (χ1v) is 7.52. The Balaban J connectivity index is 1.76. The Hall–Kier alpha value is -2.17. The maximum Gasteiger partial charge on any atom is 0.326 e. The van der Waals surface area contributed by atoms with Gasteiger partial charge in [0.05, 0.1) is 19.3 Å². The highest BCUT2D eigenvalue weighted by atomic mass is 16.7. The van der Waals surface area contributed by atoms with E-state index in [0.717, 1.165) is 11.1 Å². The molecule has 22 heavy (non-hydrogen) atoms. The van der Waals surface area contributed by atoms with E-state index in [1.807, 2.05) is 41.5 Å². The van der Waals surface area contributed by atoms with Crippen LogP contribution in [-0.4, -0.2) is 30.3 Å². The molecule has 0 saturated carbocycles. The first-order chi connectivity index (χ1) is 10.8. The number of rotatable bonds is 3. The van der Waals surface area contributed by atoms with Gasteiger partial charge in [0.15, 0.2) is 0 Å². The normalized spacial score (nSPS) is 24.5. The van der Waals surface area contributed by atoms with Gasteiger partial charge >= 0.3 is 5.97 Å². The fourth-order valence-corrected chi connectivity index (χ4v) is 3.26. The van der Waals surface area contributed by atoms with Crippen LogP contribution in [0.25, 0.3) is 0 Å². The van der Waals surface area contributed by atoms with Gasteiger partial charge in [0.1, 0.15) is 6.04 Å². The van der Waals surface area contributed by atoms with Crippen LogP contribution >= 0.6 is 0 Å². The second kappa shape index (κ2) is 5.55. The van der Waals surface area contributed by atoms with Gasteiger partial charge in [-0.2, -0.15) is 5.06 Å². The number of hydrogen-bond acceptors (Lipinski definition) is 4. The number of hydroxylamine groups is 2. The van der Waals surface area contributed by atoms with Gasteiger partial charge in [0.25, 0.3) is 0 Å². The van der Waals surface area contributed by atoms with Crippen molar-refractivity contribution in [1.82, 2.24) is 5.06 Å². The molecule has 2 fully saturated rings. The highest BCUT2D eigenvalue weighted by Crippen LogP contribution is 2.38. The van der Waals surface area contributed by atoms with Crippen LogP contribution in [0.4, 0.5) is 0 Å². The van der Waals surface area contributed by atoms with Crippen LogP contribution in [0.15, 0.2) is 60.7 Å². The molecule has 4 nitrogen and oxygen atoms in total. The molecule has 2 aliphatic rings. The predicted molar refractivity (Wildman–Crippen MR) is 80.8 cm³/mol. The topological polar surface area (TPSA) is 38.8 Å². The van der Waals surface area contributed by atoms with Crippen LogP contribution in [0.2, 0.25) is 0 Å². The molecule has 0 unspecified atom stereocenters. The average Bonchev–Trinajstić information content (AvgIpc) is 3.14. The van der Waals surface area contributed by atoms with E-state index >= 15 is 0 Å². The Morgan fingerprint density at radius 2 is 1.50 bits per heavy atom. The quantitative estimate of drug-likeness (QED) is 0.816. The zero-order valence-electron chi connectivity index (χ0n) is 12.1. The Bertz CT molecular complexity index is 619. The lowest BCUT2D eigenvalue weighted by molar-refractivity contribution is -0.177. The van der Waals surface area contributed by atoms with Crippen molar-refractivity contribution in [2.24, 2.45) is 5.92 Å². The summed E-state index contributed by atoms with van der Waals surface area (Å²) in [5, 5.41) is 1.82. The third-order valence-corrected chi connectivity index (χ3v) is 4.32. The van der Waals surface area contributed by atoms with Crippen LogP contribution in [0.1, 0.15) is 17.2 Å². The van der Waals surface area contributed by atoms with Gasteiger partial charge in [-0.25, -0.2) is 0 Å². The summed E-state index contributed by atoms with van der Waals surface area (Å²) in [6, 6.07) is 19.8. The lowest BCUT2D eigenvalue weighted by atomic mass is 9.96. The number of fused-ring (bicyclic) bond motifs is 1. The van der Waals surface area contributed by atoms with Crippen molar-refractivity contribution in [3.8, 4) is 0 Å². The standard InChI is InChI=1S/C18H17NO3/c20-18-17-15(11-21-18)12-22-19(17)16(13-7-3-1-4-8-13)14-9-5-2-6-10-14/h1-10,15-17H,11-12H2/t15-,17+/m1/s1. The SMILES string of the molecule is O=C1OC[C@@H]2CON(C(c3ccccc3)c3ccccc3)[C@H]12. The zero-order valence-corrected chi connectivity index (χ0v) is 12.1. The van der Waals surface area contributed by atoms with E-state index in [1.165, 1.54) is 0 Å². The Labute approximate surface area is 129 Å². The fraction of sp³-hybridized carbons (Fsp3) is 0.278. The van der Waals surface area contributed by atoms with Gasteiger partial charge < -0.3 is 4.74 Å². The van der Waals surface area contributed by atoms with Gasteiger partial charge in [-0.1, -0.05) is 60.7 Å². The summed E-state index contributed by atoms with van der Waals surface area (Å²) in [6.07, 6.45) is 0. The van der Waals surface area contributed by atoms with Crippen LogP contribution in [0.3, 0.4) is 0 Å². The maximum atomic E-state index is 12.1. The lowest BCUT2D eigenvalue weighted by Gasteiger charge is -2.30. The molecule has 0 radical (unpaired) electrons. The summed E-state index contributed by atoms with van der Waals surface area (Å²) in [4.78, 5) is 18.0. The second-order valence-electron chi connectivity index (χ2n) is 5.71. The van der Waals surface area contributed by atoms with E-state index in [1.54, 1.807) is 0 Å². The molecule has 112 valence electrons. The van der Waals surface area contributed by atoms with Crippen molar-refractivity contribution >= 4 is 5.97 Å². The minimum Gasteiger partial charge on any atom is -0.464 e. The molecule has 2 atom stereocenters.